The van der Waals surface area contributed by atoms with Crippen LogP contribution in [0.2, 0.25) is 0 Å². The summed E-state index contributed by atoms with van der Waals surface area (Å²) < 4.78 is 37.0. The van der Waals surface area contributed by atoms with E-state index in [9.17, 15) is 23.2 Å². The van der Waals surface area contributed by atoms with E-state index in [0.717, 1.165) is 18.2 Å². The summed E-state index contributed by atoms with van der Waals surface area (Å²) in [7, 11) is 1.33. The van der Waals surface area contributed by atoms with Gasteiger partial charge in [-0.15, -0.1) is 0 Å². The van der Waals surface area contributed by atoms with Crippen LogP contribution in [0.5, 0.6) is 11.5 Å². The molecular weight excluding hydrogens is 350 g/mol. The first-order chi connectivity index (χ1) is 12.3. The summed E-state index contributed by atoms with van der Waals surface area (Å²) in [4.78, 5) is 34.7. The third-order valence-electron chi connectivity index (χ3n) is 3.09. The van der Waals surface area contributed by atoms with Gasteiger partial charge in [-0.25, -0.2) is 13.6 Å². The van der Waals surface area contributed by atoms with E-state index in [1.165, 1.54) is 32.2 Å². The van der Waals surface area contributed by atoms with Gasteiger partial charge in [-0.3, -0.25) is 14.9 Å². The molecule has 2 rings (SSSR count). The first-order valence-corrected chi connectivity index (χ1v) is 7.24. The summed E-state index contributed by atoms with van der Waals surface area (Å²) in [5.41, 5.74) is -0.678. The van der Waals surface area contributed by atoms with Crippen molar-refractivity contribution in [2.45, 2.75) is 6.92 Å². The van der Waals surface area contributed by atoms with Crippen LogP contribution in [-0.2, 0) is 4.79 Å². The highest BCUT2D eigenvalue weighted by atomic mass is 19.1. The third-order valence-corrected chi connectivity index (χ3v) is 3.09. The monoisotopic (exact) mass is 364 g/mol. The number of anilines is 1. The Hall–Kier alpha value is -3.49. The number of ether oxygens (including phenoxy) is 2. The van der Waals surface area contributed by atoms with Crippen molar-refractivity contribution < 1.29 is 32.6 Å². The van der Waals surface area contributed by atoms with E-state index in [2.05, 4.69) is 5.32 Å². The van der Waals surface area contributed by atoms with Gasteiger partial charge in [0, 0.05) is 18.7 Å². The van der Waals surface area contributed by atoms with Crippen molar-refractivity contribution in [3.63, 3.8) is 0 Å². The molecule has 26 heavy (non-hydrogen) atoms. The predicted octanol–water partition coefficient (Wildman–Crippen LogP) is 2.86. The lowest BCUT2D eigenvalue weighted by Crippen LogP contribution is -2.35. The molecule has 0 aliphatic rings. The summed E-state index contributed by atoms with van der Waals surface area (Å²) in [5, 5.41) is 4.12. The molecule has 0 fully saturated rings. The maximum atomic E-state index is 13.5. The van der Waals surface area contributed by atoms with Crippen molar-refractivity contribution in [3.8, 4) is 11.5 Å². The molecular formula is C17H14F2N2O5. The SMILES string of the molecule is COc1cc(NC(=O)NC(=O)c2c(F)cccc2F)ccc1OC(C)=O. The predicted molar refractivity (Wildman–Crippen MR) is 87.1 cm³/mol. The number of halogens is 2. The van der Waals surface area contributed by atoms with Crippen LogP contribution in [-0.4, -0.2) is 25.0 Å². The van der Waals surface area contributed by atoms with E-state index in [-0.39, 0.29) is 17.2 Å². The molecule has 0 aromatic heterocycles. The van der Waals surface area contributed by atoms with Crippen LogP contribution in [0.15, 0.2) is 36.4 Å². The topological polar surface area (TPSA) is 93.7 Å². The number of esters is 1. The molecule has 0 radical (unpaired) electrons. The molecule has 0 heterocycles. The van der Waals surface area contributed by atoms with Crippen LogP contribution in [0.3, 0.4) is 0 Å². The number of imide groups is 1. The van der Waals surface area contributed by atoms with Gasteiger partial charge < -0.3 is 14.8 Å². The van der Waals surface area contributed by atoms with Crippen LogP contribution in [0.25, 0.3) is 0 Å². The molecule has 0 aliphatic carbocycles. The molecule has 0 spiro atoms. The Bertz CT molecular complexity index is 850. The smallest absolute Gasteiger partial charge is 0.326 e. The van der Waals surface area contributed by atoms with Gasteiger partial charge in [-0.1, -0.05) is 6.07 Å². The van der Waals surface area contributed by atoms with Crippen molar-refractivity contribution in [2.75, 3.05) is 12.4 Å². The summed E-state index contributed by atoms with van der Waals surface area (Å²) in [6.45, 7) is 1.21. The minimum atomic E-state index is -1.23. The molecule has 0 saturated carbocycles. The van der Waals surface area contributed by atoms with E-state index in [0.29, 0.717) is 0 Å². The van der Waals surface area contributed by atoms with Crippen LogP contribution in [0.4, 0.5) is 19.3 Å². The second-order valence-electron chi connectivity index (χ2n) is 4.96. The maximum absolute atomic E-state index is 13.5. The fraction of sp³-hybridized carbons (Fsp3) is 0.118. The minimum absolute atomic E-state index is 0.135. The van der Waals surface area contributed by atoms with Crippen LogP contribution in [0.1, 0.15) is 17.3 Å². The van der Waals surface area contributed by atoms with Gasteiger partial charge in [0.05, 0.1) is 7.11 Å². The Morgan fingerprint density at radius 1 is 1.00 bits per heavy atom. The molecule has 9 heteroatoms. The largest absolute Gasteiger partial charge is 0.493 e. The minimum Gasteiger partial charge on any atom is -0.493 e. The van der Waals surface area contributed by atoms with Crippen LogP contribution >= 0.6 is 0 Å². The van der Waals surface area contributed by atoms with Crippen molar-refractivity contribution >= 4 is 23.6 Å². The van der Waals surface area contributed by atoms with E-state index >= 15 is 0 Å². The van der Waals surface area contributed by atoms with Gasteiger partial charge in [-0.2, -0.15) is 0 Å². The van der Waals surface area contributed by atoms with Crippen molar-refractivity contribution in [2.24, 2.45) is 0 Å². The number of benzene rings is 2. The van der Waals surface area contributed by atoms with Crippen molar-refractivity contribution in [3.05, 3.63) is 53.6 Å². The van der Waals surface area contributed by atoms with Gasteiger partial charge in [0.15, 0.2) is 11.5 Å². The number of hydrogen-bond donors (Lipinski definition) is 2. The van der Waals surface area contributed by atoms with Gasteiger partial charge in [0.25, 0.3) is 5.91 Å². The quantitative estimate of drug-likeness (QED) is 0.643. The average Bonchev–Trinajstić information content (AvgIpc) is 2.55. The Morgan fingerprint density at radius 2 is 1.65 bits per heavy atom. The van der Waals surface area contributed by atoms with Crippen LogP contribution in [0, 0.1) is 11.6 Å². The van der Waals surface area contributed by atoms with Gasteiger partial charge >= 0.3 is 12.0 Å². The number of methoxy groups -OCH3 is 1. The van der Waals surface area contributed by atoms with Gasteiger partial charge in [-0.05, 0) is 24.3 Å². The number of nitrogens with one attached hydrogen (secondary N) is 2. The molecule has 2 aromatic rings. The summed E-state index contributed by atoms with van der Waals surface area (Å²) in [5.74, 6) is -3.69. The first-order valence-electron chi connectivity index (χ1n) is 7.24. The standard InChI is InChI=1S/C17H14F2N2O5/c1-9(22)26-13-7-6-10(8-14(13)25-2)20-17(24)21-16(23)15-11(18)4-3-5-12(15)19/h3-8H,1-2H3,(H2,20,21,23,24). The molecule has 0 aliphatic heterocycles. The molecule has 0 atom stereocenters. The number of rotatable bonds is 4. The van der Waals surface area contributed by atoms with E-state index < -0.39 is 35.1 Å². The fourth-order valence-corrected chi connectivity index (χ4v) is 2.03. The highest BCUT2D eigenvalue weighted by molar-refractivity contribution is 6.08. The average molecular weight is 364 g/mol. The Labute approximate surface area is 146 Å². The van der Waals surface area contributed by atoms with Gasteiger partial charge in [0.1, 0.15) is 17.2 Å². The fourth-order valence-electron chi connectivity index (χ4n) is 2.03. The summed E-state index contributed by atoms with van der Waals surface area (Å²) in [6, 6.07) is 5.97. The third kappa shape index (κ3) is 4.53. The normalized spacial score (nSPS) is 10.0. The number of hydrogen-bond acceptors (Lipinski definition) is 5. The molecule has 7 nitrogen and oxygen atoms in total. The van der Waals surface area contributed by atoms with E-state index in [4.69, 9.17) is 9.47 Å². The molecule has 136 valence electrons. The second kappa shape index (κ2) is 8.06. The zero-order valence-corrected chi connectivity index (χ0v) is 13.8. The lowest BCUT2D eigenvalue weighted by molar-refractivity contribution is -0.132. The summed E-state index contributed by atoms with van der Waals surface area (Å²) in [6.07, 6.45) is 0. The number of carbonyl (C=O) groups is 3. The number of urea groups is 1. The molecule has 2 aromatic carbocycles. The van der Waals surface area contributed by atoms with Crippen LogP contribution < -0.4 is 20.1 Å². The van der Waals surface area contributed by atoms with Gasteiger partial charge in [0.2, 0.25) is 0 Å². The van der Waals surface area contributed by atoms with Crippen molar-refractivity contribution in [1.29, 1.82) is 0 Å². The molecule has 0 unspecified atom stereocenters. The Balaban J connectivity index is 2.10. The highest BCUT2D eigenvalue weighted by Crippen LogP contribution is 2.30. The van der Waals surface area contributed by atoms with E-state index in [1.54, 1.807) is 0 Å². The van der Waals surface area contributed by atoms with E-state index in [1.807, 2.05) is 5.32 Å². The van der Waals surface area contributed by atoms with Crippen molar-refractivity contribution in [1.82, 2.24) is 5.32 Å². The number of carbonyl (C=O) groups excluding carboxylic acids is 3. The summed E-state index contributed by atoms with van der Waals surface area (Å²) >= 11 is 0. The lowest BCUT2D eigenvalue weighted by atomic mass is 10.2. The molecule has 3 amide bonds. The Morgan fingerprint density at radius 3 is 2.23 bits per heavy atom. The zero-order valence-electron chi connectivity index (χ0n) is 13.8. The molecule has 0 saturated heterocycles. The highest BCUT2D eigenvalue weighted by Gasteiger charge is 2.19. The molecule has 2 N–H and O–H groups in total. The molecule has 0 bridgehead atoms. The lowest BCUT2D eigenvalue weighted by Gasteiger charge is -2.11. The second-order valence-corrected chi connectivity index (χ2v) is 4.96. The maximum Gasteiger partial charge on any atom is 0.326 e. The zero-order chi connectivity index (χ0) is 19.3. The first kappa shape index (κ1) is 18.8. The number of amides is 3. The Kier molecular flexibility index (Phi) is 5.84.